The molecule has 0 aromatic heterocycles. The molecule has 1 amide bonds. The van der Waals surface area contributed by atoms with Gasteiger partial charge in [-0.2, -0.15) is 0 Å². The highest BCUT2D eigenvalue weighted by molar-refractivity contribution is 5.87. The Kier molecular flexibility index (Phi) is 4.55. The van der Waals surface area contributed by atoms with Crippen LogP contribution in [0.25, 0.3) is 0 Å². The van der Waals surface area contributed by atoms with E-state index in [0.717, 1.165) is 12.8 Å². The number of carbonyl (C=O) groups is 2. The molecule has 2 atom stereocenters. The second-order valence-electron chi connectivity index (χ2n) is 3.49. The molecule has 0 aliphatic carbocycles. The molecule has 0 bridgehead atoms. The first-order chi connectivity index (χ1) is 7.19. The molecule has 0 aromatic rings. The van der Waals surface area contributed by atoms with Crippen LogP contribution in [0.1, 0.15) is 26.2 Å². The first kappa shape index (κ1) is 12.0. The second-order valence-corrected chi connectivity index (χ2v) is 3.49. The molecule has 0 radical (unpaired) electrons. The Labute approximate surface area is 89.1 Å². The van der Waals surface area contributed by atoms with Crippen LogP contribution < -0.4 is 5.32 Å². The summed E-state index contributed by atoms with van der Waals surface area (Å²) >= 11 is 0. The molecule has 1 saturated heterocycles. The van der Waals surface area contributed by atoms with E-state index in [1.165, 1.54) is 7.11 Å². The highest BCUT2D eigenvalue weighted by Crippen LogP contribution is 2.12. The lowest BCUT2D eigenvalue weighted by atomic mass is 10.2. The summed E-state index contributed by atoms with van der Waals surface area (Å²) in [4.78, 5) is 22.8. The molecule has 1 aliphatic rings. The number of esters is 1. The van der Waals surface area contributed by atoms with Gasteiger partial charge in [0, 0.05) is 6.61 Å². The van der Waals surface area contributed by atoms with Crippen molar-refractivity contribution in [3.63, 3.8) is 0 Å². The van der Waals surface area contributed by atoms with Crippen LogP contribution in [0.15, 0.2) is 0 Å². The van der Waals surface area contributed by atoms with Gasteiger partial charge in [-0.1, -0.05) is 6.92 Å². The van der Waals surface area contributed by atoms with E-state index in [1.54, 1.807) is 0 Å². The van der Waals surface area contributed by atoms with Gasteiger partial charge < -0.3 is 14.8 Å². The minimum Gasteiger partial charge on any atom is -0.467 e. The van der Waals surface area contributed by atoms with E-state index < -0.39 is 18.1 Å². The lowest BCUT2D eigenvalue weighted by Crippen LogP contribution is -2.45. The second kappa shape index (κ2) is 5.70. The van der Waals surface area contributed by atoms with Crippen LogP contribution in [0, 0.1) is 0 Å². The number of carbonyl (C=O) groups excluding carboxylic acids is 2. The summed E-state index contributed by atoms with van der Waals surface area (Å²) in [7, 11) is 1.31. The Morgan fingerprint density at radius 2 is 2.33 bits per heavy atom. The lowest BCUT2D eigenvalue weighted by Gasteiger charge is -2.16. The van der Waals surface area contributed by atoms with Gasteiger partial charge in [0.05, 0.1) is 7.11 Å². The molecule has 0 unspecified atom stereocenters. The van der Waals surface area contributed by atoms with Gasteiger partial charge >= 0.3 is 5.97 Å². The Morgan fingerprint density at radius 3 is 2.80 bits per heavy atom. The molecule has 5 heteroatoms. The Hall–Kier alpha value is -1.10. The maximum Gasteiger partial charge on any atom is 0.328 e. The van der Waals surface area contributed by atoms with E-state index in [1.807, 2.05) is 6.92 Å². The fourth-order valence-corrected chi connectivity index (χ4v) is 1.52. The molecule has 0 saturated carbocycles. The van der Waals surface area contributed by atoms with Gasteiger partial charge in [-0.3, -0.25) is 4.79 Å². The number of ether oxygens (including phenoxy) is 2. The van der Waals surface area contributed by atoms with E-state index in [2.05, 4.69) is 10.1 Å². The van der Waals surface area contributed by atoms with Crippen LogP contribution in [0.4, 0.5) is 0 Å². The van der Waals surface area contributed by atoms with Gasteiger partial charge in [0.1, 0.15) is 12.1 Å². The maximum absolute atomic E-state index is 11.6. The predicted molar refractivity (Wildman–Crippen MR) is 53.2 cm³/mol. The molecule has 1 aliphatic heterocycles. The number of hydrogen-bond acceptors (Lipinski definition) is 4. The fraction of sp³-hybridized carbons (Fsp3) is 0.800. The van der Waals surface area contributed by atoms with E-state index in [-0.39, 0.29) is 5.91 Å². The number of hydrogen-bond donors (Lipinski definition) is 1. The first-order valence-corrected chi connectivity index (χ1v) is 5.18. The molecule has 1 N–H and O–H groups in total. The zero-order valence-electron chi connectivity index (χ0n) is 9.12. The maximum atomic E-state index is 11.6. The summed E-state index contributed by atoms with van der Waals surface area (Å²) in [6.07, 6.45) is 1.74. The van der Waals surface area contributed by atoms with Gasteiger partial charge in [0.25, 0.3) is 0 Å². The monoisotopic (exact) mass is 215 g/mol. The van der Waals surface area contributed by atoms with E-state index in [0.29, 0.717) is 13.0 Å². The van der Waals surface area contributed by atoms with E-state index in [4.69, 9.17) is 4.74 Å². The third kappa shape index (κ3) is 3.20. The third-order valence-corrected chi connectivity index (χ3v) is 2.43. The molecular formula is C10H17NO4. The van der Waals surface area contributed by atoms with Gasteiger partial charge in [-0.15, -0.1) is 0 Å². The molecule has 1 fully saturated rings. The van der Waals surface area contributed by atoms with Crippen LogP contribution in [-0.4, -0.2) is 37.7 Å². The van der Waals surface area contributed by atoms with Crippen molar-refractivity contribution in [2.75, 3.05) is 13.7 Å². The van der Waals surface area contributed by atoms with Crippen molar-refractivity contribution >= 4 is 11.9 Å². The smallest absolute Gasteiger partial charge is 0.328 e. The molecular weight excluding hydrogens is 198 g/mol. The van der Waals surface area contributed by atoms with Crippen molar-refractivity contribution in [1.82, 2.24) is 5.32 Å². The summed E-state index contributed by atoms with van der Waals surface area (Å²) in [6.45, 7) is 2.43. The number of methoxy groups -OCH3 is 1. The SMILES string of the molecule is CC[C@@H](NC(=O)[C@@H]1CCCO1)C(=O)OC. The number of nitrogens with one attached hydrogen (secondary N) is 1. The number of amides is 1. The largest absolute Gasteiger partial charge is 0.467 e. The zero-order chi connectivity index (χ0) is 11.3. The van der Waals surface area contributed by atoms with Gasteiger partial charge in [0.15, 0.2) is 0 Å². The highest BCUT2D eigenvalue weighted by Gasteiger charge is 2.27. The summed E-state index contributed by atoms with van der Waals surface area (Å²) in [5.41, 5.74) is 0. The van der Waals surface area contributed by atoms with E-state index >= 15 is 0 Å². The van der Waals surface area contributed by atoms with Crippen molar-refractivity contribution in [2.45, 2.75) is 38.3 Å². The lowest BCUT2D eigenvalue weighted by molar-refractivity contribution is -0.146. The van der Waals surface area contributed by atoms with Crippen LogP contribution >= 0.6 is 0 Å². The number of rotatable bonds is 4. The summed E-state index contributed by atoms with van der Waals surface area (Å²) < 4.78 is 9.78. The van der Waals surface area contributed by atoms with Gasteiger partial charge in [0.2, 0.25) is 5.91 Å². The quantitative estimate of drug-likeness (QED) is 0.682. The Bertz CT molecular complexity index is 236. The Balaban J connectivity index is 2.43. The van der Waals surface area contributed by atoms with E-state index in [9.17, 15) is 9.59 Å². The minimum atomic E-state index is -0.563. The first-order valence-electron chi connectivity index (χ1n) is 5.18. The van der Waals surface area contributed by atoms with Crippen LogP contribution in [-0.2, 0) is 19.1 Å². The van der Waals surface area contributed by atoms with Gasteiger partial charge in [-0.25, -0.2) is 4.79 Å². The average molecular weight is 215 g/mol. The molecule has 0 aromatic carbocycles. The summed E-state index contributed by atoms with van der Waals surface area (Å²) in [5, 5.41) is 2.62. The topological polar surface area (TPSA) is 64.6 Å². The molecule has 0 spiro atoms. The van der Waals surface area contributed by atoms with Crippen molar-refractivity contribution in [2.24, 2.45) is 0 Å². The van der Waals surface area contributed by atoms with Crippen molar-refractivity contribution in [1.29, 1.82) is 0 Å². The normalized spacial score (nSPS) is 22.1. The van der Waals surface area contributed by atoms with Gasteiger partial charge in [-0.05, 0) is 19.3 Å². The van der Waals surface area contributed by atoms with Crippen molar-refractivity contribution < 1.29 is 19.1 Å². The standard InChI is InChI=1S/C10H17NO4/c1-3-7(10(13)14-2)11-9(12)8-5-4-6-15-8/h7-8H,3-6H2,1-2H3,(H,11,12)/t7-,8+/m1/s1. The van der Waals surface area contributed by atoms with Crippen molar-refractivity contribution in [3.05, 3.63) is 0 Å². The fourth-order valence-electron chi connectivity index (χ4n) is 1.52. The minimum absolute atomic E-state index is 0.218. The van der Waals surface area contributed by atoms with Crippen LogP contribution in [0.2, 0.25) is 0 Å². The van der Waals surface area contributed by atoms with Crippen LogP contribution in [0.5, 0.6) is 0 Å². The molecule has 86 valence electrons. The summed E-state index contributed by atoms with van der Waals surface area (Å²) in [5.74, 6) is -0.631. The average Bonchev–Trinajstić information content (AvgIpc) is 2.77. The Morgan fingerprint density at radius 1 is 1.60 bits per heavy atom. The van der Waals surface area contributed by atoms with Crippen LogP contribution in [0.3, 0.4) is 0 Å². The zero-order valence-corrected chi connectivity index (χ0v) is 9.12. The van der Waals surface area contributed by atoms with Crippen molar-refractivity contribution in [3.8, 4) is 0 Å². The molecule has 5 nitrogen and oxygen atoms in total. The summed E-state index contributed by atoms with van der Waals surface area (Å²) in [6, 6.07) is -0.563. The predicted octanol–water partition coefficient (Wildman–Crippen LogP) is 0.233. The molecule has 15 heavy (non-hydrogen) atoms. The third-order valence-electron chi connectivity index (χ3n) is 2.43. The molecule has 1 rings (SSSR count). The highest BCUT2D eigenvalue weighted by atomic mass is 16.5. The molecule has 1 heterocycles.